The van der Waals surface area contributed by atoms with Crippen molar-refractivity contribution in [1.29, 1.82) is 0 Å². The zero-order valence-electron chi connectivity index (χ0n) is 6.55. The van der Waals surface area contributed by atoms with Crippen LogP contribution in [-0.2, 0) is 35.4 Å². The third-order valence-corrected chi connectivity index (χ3v) is 0.577. The maximum atomic E-state index is 9.26. The Morgan fingerprint density at radius 3 is 1.09 bits per heavy atom. The zero-order valence-corrected chi connectivity index (χ0v) is 10.1. The van der Waals surface area contributed by atoms with E-state index in [1.54, 1.807) is 0 Å². The number of carboxylic acids is 2. The van der Waals surface area contributed by atoms with Crippen LogP contribution in [0.2, 0.25) is 0 Å². The fraction of sp³-hybridized carbons (Fsp3) is 0.667. The van der Waals surface area contributed by atoms with Crippen LogP contribution in [0.3, 0.4) is 0 Å². The molecule has 0 bridgehead atoms. The van der Waals surface area contributed by atoms with Crippen molar-refractivity contribution in [2.24, 2.45) is 0 Å². The molecule has 0 aliphatic carbocycles. The van der Waals surface area contributed by atoms with E-state index in [-0.39, 0.29) is 38.7 Å². The van der Waals surface area contributed by atoms with Gasteiger partial charge in [0.2, 0.25) is 0 Å². The predicted molar refractivity (Wildman–Crippen MR) is 30.6 cm³/mol. The smallest absolute Gasteiger partial charge is 0.550 e. The molecule has 0 rings (SSSR count). The summed E-state index contributed by atoms with van der Waals surface area (Å²) in [5, 5.41) is 18.5. The average molecular weight is 325 g/mol. The summed E-state index contributed by atoms with van der Waals surface area (Å²) in [5.41, 5.74) is 0. The van der Waals surface area contributed by atoms with Gasteiger partial charge in [0.05, 0.1) is 0 Å². The van der Waals surface area contributed by atoms with Gasteiger partial charge in [-0.15, -0.1) is 0 Å². The van der Waals surface area contributed by atoms with Gasteiger partial charge in [0, 0.05) is 11.9 Å². The molecule has 0 unspecified atom stereocenters. The van der Waals surface area contributed by atoms with Crippen LogP contribution in [-0.4, -0.2) is 11.9 Å². The van der Waals surface area contributed by atoms with E-state index in [2.05, 4.69) is 0 Å². The summed E-state index contributed by atoms with van der Waals surface area (Å²) in [7, 11) is 0. The Bertz CT molecular complexity index is 99.1. The summed E-state index contributed by atoms with van der Waals surface area (Å²) < 4.78 is 0. The van der Waals surface area contributed by atoms with Gasteiger partial charge in [-0.1, -0.05) is 13.8 Å². The third kappa shape index (κ3) is 41.2. The Morgan fingerprint density at radius 1 is 1.00 bits per heavy atom. The van der Waals surface area contributed by atoms with E-state index in [9.17, 15) is 19.8 Å². The van der Waals surface area contributed by atoms with Crippen LogP contribution in [0.15, 0.2) is 0 Å². The van der Waals surface area contributed by atoms with Crippen molar-refractivity contribution in [1.82, 2.24) is 0 Å². The molecule has 11 heavy (non-hydrogen) atoms. The van der Waals surface area contributed by atoms with Crippen LogP contribution in [0.25, 0.3) is 0 Å². The summed E-state index contributed by atoms with van der Waals surface area (Å²) in [5.74, 6) is -1.99. The van der Waals surface area contributed by atoms with E-state index in [0.717, 1.165) is 0 Å². The molecule has 0 aromatic rings. The third-order valence-electron chi connectivity index (χ3n) is 0.577. The summed E-state index contributed by atoms with van der Waals surface area (Å²) in [6, 6.07) is 0. The van der Waals surface area contributed by atoms with Gasteiger partial charge < -0.3 is 19.8 Å². The zero-order chi connectivity index (χ0) is 8.57. The number of aliphatic carboxylic acids is 2. The molecule has 0 aliphatic heterocycles. The quantitative estimate of drug-likeness (QED) is 0.567. The Hall–Kier alpha value is -0.190. The van der Waals surface area contributed by atoms with E-state index in [1.807, 2.05) is 0 Å². The first-order valence-corrected chi connectivity index (χ1v) is 2.94. The molecule has 0 heterocycles. The Balaban J connectivity index is -0.000000107. The van der Waals surface area contributed by atoms with Crippen LogP contribution >= 0.6 is 0 Å². The van der Waals surface area contributed by atoms with Gasteiger partial charge in [-0.05, 0) is 12.8 Å². The van der Waals surface area contributed by atoms with Gasteiger partial charge in [0.15, 0.2) is 0 Å². The number of hydrogen-bond donors (Lipinski definition) is 0. The Morgan fingerprint density at radius 2 is 1.09 bits per heavy atom. The molecule has 0 saturated heterocycles. The molecule has 4 nitrogen and oxygen atoms in total. The fourth-order valence-electron chi connectivity index (χ4n) is 0. The van der Waals surface area contributed by atoms with E-state index in [0.29, 0.717) is 0 Å². The van der Waals surface area contributed by atoms with Gasteiger partial charge in [-0.2, -0.15) is 0 Å². The molecule has 0 spiro atoms. The molecule has 5 heteroatoms. The van der Waals surface area contributed by atoms with Crippen molar-refractivity contribution in [2.75, 3.05) is 0 Å². The molecular weight excluding hydrogens is 315 g/mol. The Kier molecular flexibility index (Phi) is 19.4. The average Bonchev–Trinajstić information content (AvgIpc) is 1.89. The topological polar surface area (TPSA) is 80.3 Å². The van der Waals surface area contributed by atoms with Crippen molar-refractivity contribution in [3.8, 4) is 0 Å². The van der Waals surface area contributed by atoms with E-state index >= 15 is 0 Å². The number of hydrogen-bond acceptors (Lipinski definition) is 4. The van der Waals surface area contributed by atoms with E-state index < -0.39 is 11.9 Å². The minimum Gasteiger partial charge on any atom is -0.550 e. The molecule has 0 N–H and O–H groups in total. The largest absolute Gasteiger partial charge is 2.00 e. The van der Waals surface area contributed by atoms with Gasteiger partial charge in [0.1, 0.15) is 0 Å². The van der Waals surface area contributed by atoms with Crippen LogP contribution in [0.5, 0.6) is 0 Å². The fourth-order valence-corrected chi connectivity index (χ4v) is 0. The molecule has 0 aromatic carbocycles. The first-order valence-electron chi connectivity index (χ1n) is 2.94. The summed E-state index contributed by atoms with van der Waals surface area (Å²) >= 11 is 0. The second-order valence-corrected chi connectivity index (χ2v) is 1.45. The maximum Gasteiger partial charge on any atom is 2.00 e. The molecule has 0 aliphatic rings. The monoisotopic (exact) mass is 326 g/mol. The predicted octanol–water partition coefficient (Wildman–Crippen LogP) is -1.71. The van der Waals surface area contributed by atoms with Crippen LogP contribution in [0.1, 0.15) is 26.7 Å². The normalized spacial score (nSPS) is 6.73. The first-order chi connectivity index (χ1) is 4.54. The molecule has 62 valence electrons. The number of rotatable bonds is 2. The standard InChI is InChI=1S/2C3H6O2.Hf/c2*1-2-3(4)5;/h2*2H2,1H3,(H,4,5);/q;;+2/p-2. The van der Waals surface area contributed by atoms with Crippen molar-refractivity contribution >= 4 is 11.9 Å². The molecule has 0 fully saturated rings. The minimum absolute atomic E-state index is 0. The summed E-state index contributed by atoms with van der Waals surface area (Å²) in [6.45, 7) is 3.07. The molecule has 0 saturated carbocycles. The van der Waals surface area contributed by atoms with Gasteiger partial charge in [-0.3, -0.25) is 0 Å². The molecule has 0 atom stereocenters. The van der Waals surface area contributed by atoms with Crippen LogP contribution in [0.4, 0.5) is 0 Å². The number of carboxylic acid groups (broad SMARTS) is 2. The van der Waals surface area contributed by atoms with E-state index in [4.69, 9.17) is 0 Å². The maximum absolute atomic E-state index is 9.26. The molecular formula is C6H10HfO4. The summed E-state index contributed by atoms with van der Waals surface area (Å²) in [4.78, 5) is 18.5. The van der Waals surface area contributed by atoms with Crippen molar-refractivity contribution in [2.45, 2.75) is 26.7 Å². The number of carbonyl (C=O) groups excluding carboxylic acids is 2. The second kappa shape index (κ2) is 12.5. The van der Waals surface area contributed by atoms with Crippen LogP contribution < -0.4 is 10.2 Å². The van der Waals surface area contributed by atoms with Gasteiger partial charge in [-0.25, -0.2) is 0 Å². The first kappa shape index (κ1) is 17.1. The van der Waals surface area contributed by atoms with Crippen LogP contribution in [0, 0.1) is 0 Å². The van der Waals surface area contributed by atoms with Gasteiger partial charge in [0.25, 0.3) is 0 Å². The van der Waals surface area contributed by atoms with Crippen molar-refractivity contribution in [3.05, 3.63) is 0 Å². The minimum atomic E-state index is -0.995. The number of carbonyl (C=O) groups is 2. The van der Waals surface area contributed by atoms with Crippen molar-refractivity contribution < 1.29 is 45.6 Å². The Labute approximate surface area is 84.4 Å². The molecule has 0 radical (unpaired) electrons. The molecule has 0 aromatic heterocycles. The van der Waals surface area contributed by atoms with Gasteiger partial charge >= 0.3 is 25.8 Å². The van der Waals surface area contributed by atoms with E-state index in [1.165, 1.54) is 13.8 Å². The molecule has 0 amide bonds. The summed E-state index contributed by atoms with van der Waals surface area (Å²) in [6.07, 6.45) is 0.222. The second-order valence-electron chi connectivity index (χ2n) is 1.45. The SMILES string of the molecule is CCC(=O)[O-].CCC(=O)[O-].[Hf+2]. The van der Waals surface area contributed by atoms with Crippen molar-refractivity contribution in [3.63, 3.8) is 0 Å².